The van der Waals surface area contributed by atoms with E-state index in [-0.39, 0.29) is 11.5 Å². The SMILES string of the molecule is CC(C)(C)OC(=O)N1CCC2(CC1)Cc1cc(F)c(F)cc1C2. The fraction of sp³-hybridized carbons (Fsp3) is 0.611. The fourth-order valence-electron chi connectivity index (χ4n) is 3.67. The summed E-state index contributed by atoms with van der Waals surface area (Å²) in [5, 5.41) is 0. The lowest BCUT2D eigenvalue weighted by molar-refractivity contribution is 0.0111. The average Bonchev–Trinajstić information content (AvgIpc) is 2.75. The van der Waals surface area contributed by atoms with Crippen molar-refractivity contribution in [2.45, 2.75) is 52.1 Å². The number of carbonyl (C=O) groups is 1. The molecule has 2 aliphatic rings. The van der Waals surface area contributed by atoms with E-state index in [1.807, 2.05) is 20.8 Å². The Balaban J connectivity index is 1.65. The maximum Gasteiger partial charge on any atom is 0.410 e. The van der Waals surface area contributed by atoms with Crippen molar-refractivity contribution in [3.05, 3.63) is 34.9 Å². The van der Waals surface area contributed by atoms with Gasteiger partial charge in [0, 0.05) is 13.1 Å². The van der Waals surface area contributed by atoms with Gasteiger partial charge in [0.2, 0.25) is 0 Å². The number of halogens is 2. The summed E-state index contributed by atoms with van der Waals surface area (Å²) >= 11 is 0. The van der Waals surface area contributed by atoms with E-state index in [9.17, 15) is 13.6 Å². The Morgan fingerprint density at radius 2 is 1.57 bits per heavy atom. The predicted octanol–water partition coefficient (Wildman–Crippen LogP) is 4.08. The van der Waals surface area contributed by atoms with E-state index in [1.165, 1.54) is 12.1 Å². The van der Waals surface area contributed by atoms with E-state index in [2.05, 4.69) is 0 Å². The number of nitrogens with zero attached hydrogens (tertiary/aromatic N) is 1. The van der Waals surface area contributed by atoms with Crippen LogP contribution in [0.25, 0.3) is 0 Å². The average molecular weight is 323 g/mol. The minimum absolute atomic E-state index is 0.0288. The summed E-state index contributed by atoms with van der Waals surface area (Å²) in [5.74, 6) is -1.54. The van der Waals surface area contributed by atoms with Crippen molar-refractivity contribution in [3.8, 4) is 0 Å². The number of carbonyl (C=O) groups excluding carboxylic acids is 1. The molecule has 0 atom stereocenters. The highest BCUT2D eigenvalue weighted by molar-refractivity contribution is 5.68. The van der Waals surface area contributed by atoms with Crippen LogP contribution >= 0.6 is 0 Å². The van der Waals surface area contributed by atoms with E-state index < -0.39 is 17.2 Å². The number of hydrogen-bond donors (Lipinski definition) is 0. The summed E-state index contributed by atoms with van der Waals surface area (Å²) in [5.41, 5.74) is 1.36. The number of hydrogen-bond acceptors (Lipinski definition) is 2. The van der Waals surface area contributed by atoms with Crippen LogP contribution in [0.15, 0.2) is 12.1 Å². The minimum Gasteiger partial charge on any atom is -0.444 e. The highest BCUT2D eigenvalue weighted by atomic mass is 19.2. The zero-order chi connectivity index (χ0) is 16.8. The van der Waals surface area contributed by atoms with Gasteiger partial charge in [-0.3, -0.25) is 0 Å². The molecular formula is C18H23F2NO2. The zero-order valence-corrected chi connectivity index (χ0v) is 13.9. The lowest BCUT2D eigenvalue weighted by atomic mass is 9.76. The first-order chi connectivity index (χ1) is 10.7. The molecule has 0 N–H and O–H groups in total. The summed E-state index contributed by atoms with van der Waals surface area (Å²) in [6.45, 7) is 6.83. The maximum absolute atomic E-state index is 13.4. The minimum atomic E-state index is -0.771. The third kappa shape index (κ3) is 3.33. The van der Waals surface area contributed by atoms with Crippen LogP contribution in [0.1, 0.15) is 44.7 Å². The maximum atomic E-state index is 13.4. The van der Waals surface area contributed by atoms with Gasteiger partial charge in [-0.15, -0.1) is 0 Å². The van der Waals surface area contributed by atoms with Crippen molar-refractivity contribution >= 4 is 6.09 Å². The molecule has 1 aliphatic heterocycles. The third-order valence-corrected chi connectivity index (χ3v) is 4.85. The van der Waals surface area contributed by atoms with Gasteiger partial charge in [0.15, 0.2) is 11.6 Å². The molecule has 1 fully saturated rings. The van der Waals surface area contributed by atoms with Crippen molar-refractivity contribution in [1.29, 1.82) is 0 Å². The number of rotatable bonds is 0. The Morgan fingerprint density at radius 1 is 1.09 bits per heavy atom. The van der Waals surface area contributed by atoms with Crippen LogP contribution in [-0.2, 0) is 17.6 Å². The summed E-state index contributed by atoms with van der Waals surface area (Å²) in [4.78, 5) is 13.9. The molecule has 126 valence electrons. The van der Waals surface area contributed by atoms with Gasteiger partial charge < -0.3 is 9.64 Å². The smallest absolute Gasteiger partial charge is 0.410 e. The summed E-state index contributed by atoms with van der Waals surface area (Å²) in [6, 6.07) is 2.67. The molecule has 0 saturated carbocycles. The van der Waals surface area contributed by atoms with Gasteiger partial charge in [-0.2, -0.15) is 0 Å². The van der Waals surface area contributed by atoms with E-state index in [0.29, 0.717) is 13.1 Å². The molecule has 3 rings (SSSR count). The largest absolute Gasteiger partial charge is 0.444 e. The second kappa shape index (κ2) is 5.46. The lowest BCUT2D eigenvalue weighted by Crippen LogP contribution is -2.45. The zero-order valence-electron chi connectivity index (χ0n) is 13.9. The molecule has 1 heterocycles. The van der Waals surface area contributed by atoms with E-state index in [4.69, 9.17) is 4.74 Å². The van der Waals surface area contributed by atoms with Gasteiger partial charge in [-0.1, -0.05) is 0 Å². The van der Waals surface area contributed by atoms with Crippen molar-refractivity contribution < 1.29 is 18.3 Å². The van der Waals surface area contributed by atoms with E-state index in [1.54, 1.807) is 4.90 Å². The van der Waals surface area contributed by atoms with Crippen molar-refractivity contribution in [2.75, 3.05) is 13.1 Å². The number of ether oxygens (including phenoxy) is 1. The molecule has 1 aromatic carbocycles. The molecule has 1 amide bonds. The summed E-state index contributed by atoms with van der Waals surface area (Å²) in [7, 11) is 0. The quantitative estimate of drug-likeness (QED) is 0.720. The van der Waals surface area contributed by atoms with Gasteiger partial charge in [0.1, 0.15) is 5.60 Å². The van der Waals surface area contributed by atoms with Crippen molar-refractivity contribution in [1.82, 2.24) is 4.90 Å². The Morgan fingerprint density at radius 3 is 2.00 bits per heavy atom. The van der Waals surface area contributed by atoms with Gasteiger partial charge in [0.25, 0.3) is 0 Å². The Bertz CT molecular complexity index is 596. The first-order valence-electron chi connectivity index (χ1n) is 8.12. The lowest BCUT2D eigenvalue weighted by Gasteiger charge is -2.39. The number of likely N-dealkylation sites (tertiary alicyclic amines) is 1. The Hall–Kier alpha value is -1.65. The molecule has 23 heavy (non-hydrogen) atoms. The topological polar surface area (TPSA) is 29.5 Å². The van der Waals surface area contributed by atoms with Crippen LogP contribution in [0, 0.1) is 17.0 Å². The molecule has 1 aliphatic carbocycles. The van der Waals surface area contributed by atoms with Crippen LogP contribution in [0.3, 0.4) is 0 Å². The van der Waals surface area contributed by atoms with Gasteiger partial charge in [-0.05, 0) is 75.1 Å². The molecule has 1 aromatic rings. The molecule has 1 saturated heterocycles. The van der Waals surface area contributed by atoms with Gasteiger partial charge >= 0.3 is 6.09 Å². The molecule has 1 spiro atoms. The molecule has 0 radical (unpaired) electrons. The molecule has 3 nitrogen and oxygen atoms in total. The van der Waals surface area contributed by atoms with Crippen LogP contribution < -0.4 is 0 Å². The second-order valence-electron chi connectivity index (χ2n) is 7.86. The number of fused-ring (bicyclic) bond motifs is 1. The summed E-state index contributed by atoms with van der Waals surface area (Å²) in [6.07, 6.45) is 2.93. The molecule has 0 bridgehead atoms. The normalized spacial score (nSPS) is 19.8. The van der Waals surface area contributed by atoms with Crippen LogP contribution in [0.2, 0.25) is 0 Å². The van der Waals surface area contributed by atoms with Crippen LogP contribution in [-0.4, -0.2) is 29.7 Å². The monoisotopic (exact) mass is 323 g/mol. The molecular weight excluding hydrogens is 300 g/mol. The number of benzene rings is 1. The molecule has 0 unspecified atom stereocenters. The highest BCUT2D eigenvalue weighted by Crippen LogP contribution is 2.45. The van der Waals surface area contributed by atoms with E-state index >= 15 is 0 Å². The number of amides is 1. The first kappa shape index (κ1) is 16.2. The fourth-order valence-corrected chi connectivity index (χ4v) is 3.67. The first-order valence-corrected chi connectivity index (χ1v) is 8.12. The Labute approximate surface area is 135 Å². The number of piperidine rings is 1. The third-order valence-electron chi connectivity index (χ3n) is 4.85. The van der Waals surface area contributed by atoms with Crippen molar-refractivity contribution in [2.24, 2.45) is 5.41 Å². The Kier molecular flexibility index (Phi) is 3.85. The highest BCUT2D eigenvalue weighted by Gasteiger charge is 2.41. The van der Waals surface area contributed by atoms with Crippen molar-refractivity contribution in [3.63, 3.8) is 0 Å². The standard InChI is InChI=1S/C18H23F2NO2/c1-17(2,3)23-16(22)21-6-4-18(5-7-21)10-12-8-14(19)15(20)9-13(12)11-18/h8-9H,4-7,10-11H2,1-3H3. The van der Waals surface area contributed by atoms with Crippen LogP contribution in [0.4, 0.5) is 13.6 Å². The molecule has 5 heteroatoms. The predicted molar refractivity (Wildman–Crippen MR) is 83.2 cm³/mol. The second-order valence-corrected chi connectivity index (χ2v) is 7.86. The summed E-state index contributed by atoms with van der Waals surface area (Å²) < 4.78 is 32.2. The van der Waals surface area contributed by atoms with Crippen LogP contribution in [0.5, 0.6) is 0 Å². The van der Waals surface area contributed by atoms with Gasteiger partial charge in [0.05, 0.1) is 0 Å². The molecule has 0 aromatic heterocycles. The van der Waals surface area contributed by atoms with Gasteiger partial charge in [-0.25, -0.2) is 13.6 Å². The van der Waals surface area contributed by atoms with E-state index in [0.717, 1.165) is 36.8 Å².